The molecule has 0 heterocycles. The zero-order valence-corrected chi connectivity index (χ0v) is 9.11. The number of benzene rings is 1. The number of rotatable bonds is 4. The highest BCUT2D eigenvalue weighted by molar-refractivity contribution is 7.91. The number of primary amides is 1. The van der Waals surface area contributed by atoms with Crippen LogP contribution >= 0.6 is 0 Å². The zero-order chi connectivity index (χ0) is 12.2. The molecular formula is C9H11NO5S. The fraction of sp³-hybridized carbons (Fsp3) is 0.222. The quantitative estimate of drug-likeness (QED) is 0.791. The fourth-order valence-electron chi connectivity index (χ4n) is 1.05. The molecule has 1 rings (SSSR count). The number of phenols is 1. The number of aromatic hydroxyl groups is 1. The molecule has 0 aliphatic heterocycles. The Kier molecular flexibility index (Phi) is 3.73. The lowest BCUT2D eigenvalue weighted by atomic mass is 10.3. The summed E-state index contributed by atoms with van der Waals surface area (Å²) in [6.45, 7) is -0.312. The van der Waals surface area contributed by atoms with E-state index in [2.05, 4.69) is 10.5 Å². The summed E-state index contributed by atoms with van der Waals surface area (Å²) >= 11 is 0. The fourth-order valence-corrected chi connectivity index (χ4v) is 2.17. The lowest BCUT2D eigenvalue weighted by Gasteiger charge is -2.04. The molecule has 0 fully saturated rings. The van der Waals surface area contributed by atoms with Crippen LogP contribution < -0.4 is 5.73 Å². The summed E-state index contributed by atoms with van der Waals surface area (Å²) in [6, 6.07) is 5.25. The normalized spacial score (nSPS) is 11.0. The molecule has 0 spiro atoms. The number of hydrogen-bond acceptors (Lipinski definition) is 5. The first-order valence-corrected chi connectivity index (χ1v) is 6.01. The molecule has 1 aromatic rings. The van der Waals surface area contributed by atoms with Gasteiger partial charge in [0.05, 0.1) is 10.6 Å². The van der Waals surface area contributed by atoms with Crippen LogP contribution in [0.4, 0.5) is 4.79 Å². The maximum Gasteiger partial charge on any atom is 0.404 e. The van der Waals surface area contributed by atoms with Gasteiger partial charge in [-0.05, 0) is 18.2 Å². The first kappa shape index (κ1) is 12.3. The van der Waals surface area contributed by atoms with Crippen molar-refractivity contribution in [3.63, 3.8) is 0 Å². The molecule has 0 saturated carbocycles. The monoisotopic (exact) mass is 245 g/mol. The van der Waals surface area contributed by atoms with Crippen LogP contribution in [0.2, 0.25) is 0 Å². The molecule has 16 heavy (non-hydrogen) atoms. The molecule has 0 bridgehead atoms. The number of carbonyl (C=O) groups excluding carboxylic acids is 1. The Hall–Kier alpha value is -1.76. The summed E-state index contributed by atoms with van der Waals surface area (Å²) in [5, 5.41) is 9.12. The van der Waals surface area contributed by atoms with Crippen LogP contribution in [-0.2, 0) is 14.6 Å². The summed E-state index contributed by atoms with van der Waals surface area (Å²) in [5.41, 5.74) is 4.69. The zero-order valence-electron chi connectivity index (χ0n) is 8.29. The third-order valence-electron chi connectivity index (χ3n) is 1.77. The first-order valence-electron chi connectivity index (χ1n) is 4.36. The molecule has 0 saturated heterocycles. The second-order valence-electron chi connectivity index (χ2n) is 2.98. The number of ether oxygens (including phenoxy) is 1. The van der Waals surface area contributed by atoms with Crippen molar-refractivity contribution in [2.75, 3.05) is 12.4 Å². The highest BCUT2D eigenvalue weighted by Gasteiger charge is 2.15. The second kappa shape index (κ2) is 4.84. The van der Waals surface area contributed by atoms with Crippen molar-refractivity contribution in [1.29, 1.82) is 0 Å². The highest BCUT2D eigenvalue weighted by Crippen LogP contribution is 2.16. The number of hydrogen-bond donors (Lipinski definition) is 2. The number of nitrogens with two attached hydrogens (primary N) is 1. The lowest BCUT2D eigenvalue weighted by Crippen LogP contribution is -2.19. The largest absolute Gasteiger partial charge is 0.508 e. The Balaban J connectivity index is 2.74. The molecular weight excluding hydrogens is 234 g/mol. The predicted molar refractivity (Wildman–Crippen MR) is 55.7 cm³/mol. The maximum atomic E-state index is 11.6. The predicted octanol–water partition coefficient (Wildman–Crippen LogP) is 0.261. The van der Waals surface area contributed by atoms with Gasteiger partial charge in [0.1, 0.15) is 12.4 Å². The topological polar surface area (TPSA) is 107 Å². The lowest BCUT2D eigenvalue weighted by molar-refractivity contribution is 0.163. The molecule has 7 heteroatoms. The molecule has 0 aromatic heterocycles. The van der Waals surface area contributed by atoms with Gasteiger partial charge in [-0.2, -0.15) is 0 Å². The standard InChI is InChI=1S/C9H11NO5S/c10-9(12)15-4-5-16(13,14)8-3-1-2-7(11)6-8/h1-3,6,11H,4-5H2,(H2,10,12). The van der Waals surface area contributed by atoms with Crippen molar-refractivity contribution in [2.24, 2.45) is 5.73 Å². The minimum Gasteiger partial charge on any atom is -0.508 e. The Morgan fingerprint density at radius 3 is 2.69 bits per heavy atom. The van der Waals surface area contributed by atoms with Gasteiger partial charge in [0, 0.05) is 0 Å². The van der Waals surface area contributed by atoms with Crippen LogP contribution in [0.25, 0.3) is 0 Å². The Labute approximate surface area is 92.6 Å². The Morgan fingerprint density at radius 1 is 1.44 bits per heavy atom. The van der Waals surface area contributed by atoms with Crippen molar-refractivity contribution >= 4 is 15.9 Å². The van der Waals surface area contributed by atoms with Crippen LogP contribution in [0, 0.1) is 0 Å². The van der Waals surface area contributed by atoms with E-state index < -0.39 is 15.9 Å². The van der Waals surface area contributed by atoms with Gasteiger partial charge in [-0.25, -0.2) is 13.2 Å². The van der Waals surface area contributed by atoms with E-state index in [0.717, 1.165) is 6.07 Å². The van der Waals surface area contributed by atoms with Gasteiger partial charge in [0.2, 0.25) is 0 Å². The summed E-state index contributed by atoms with van der Waals surface area (Å²) in [6.07, 6.45) is -1.02. The smallest absolute Gasteiger partial charge is 0.404 e. The average Bonchev–Trinajstić information content (AvgIpc) is 2.16. The SMILES string of the molecule is NC(=O)OCCS(=O)(=O)c1cccc(O)c1. The van der Waals surface area contributed by atoms with Gasteiger partial charge < -0.3 is 15.6 Å². The molecule has 1 aromatic carbocycles. The van der Waals surface area contributed by atoms with E-state index in [1.807, 2.05) is 0 Å². The summed E-state index contributed by atoms with van der Waals surface area (Å²) < 4.78 is 27.6. The first-order chi connectivity index (χ1) is 7.42. The Morgan fingerprint density at radius 2 is 2.12 bits per heavy atom. The van der Waals surface area contributed by atoms with E-state index in [4.69, 9.17) is 5.11 Å². The average molecular weight is 245 g/mol. The molecule has 0 aliphatic rings. The molecule has 0 atom stereocenters. The molecule has 88 valence electrons. The van der Waals surface area contributed by atoms with Gasteiger partial charge >= 0.3 is 6.09 Å². The van der Waals surface area contributed by atoms with Crippen molar-refractivity contribution in [1.82, 2.24) is 0 Å². The van der Waals surface area contributed by atoms with Gasteiger partial charge in [-0.1, -0.05) is 6.07 Å². The summed E-state index contributed by atoms with van der Waals surface area (Å²) in [7, 11) is -3.57. The second-order valence-corrected chi connectivity index (χ2v) is 5.09. The highest BCUT2D eigenvalue weighted by atomic mass is 32.2. The van der Waals surface area contributed by atoms with E-state index >= 15 is 0 Å². The van der Waals surface area contributed by atoms with Gasteiger partial charge in [0.25, 0.3) is 0 Å². The van der Waals surface area contributed by atoms with Crippen LogP contribution in [0.1, 0.15) is 0 Å². The van der Waals surface area contributed by atoms with Crippen LogP contribution in [0.3, 0.4) is 0 Å². The van der Waals surface area contributed by atoms with E-state index in [-0.39, 0.29) is 23.0 Å². The van der Waals surface area contributed by atoms with Crippen LogP contribution in [-0.4, -0.2) is 32.0 Å². The molecule has 0 radical (unpaired) electrons. The minimum atomic E-state index is -3.57. The Bertz CT molecular complexity index is 482. The molecule has 6 nitrogen and oxygen atoms in total. The minimum absolute atomic E-state index is 0.0272. The number of sulfone groups is 1. The third kappa shape index (κ3) is 3.43. The summed E-state index contributed by atoms with van der Waals surface area (Å²) in [5.74, 6) is -0.517. The van der Waals surface area contributed by atoms with Crippen LogP contribution in [0.15, 0.2) is 29.2 Å². The van der Waals surface area contributed by atoms with E-state index in [9.17, 15) is 13.2 Å². The molecule has 1 amide bonds. The number of phenolic OH excluding ortho intramolecular Hbond substituents is 1. The maximum absolute atomic E-state index is 11.6. The van der Waals surface area contributed by atoms with Crippen molar-refractivity contribution in [2.45, 2.75) is 4.90 Å². The van der Waals surface area contributed by atoms with E-state index in [0.29, 0.717) is 0 Å². The van der Waals surface area contributed by atoms with Gasteiger partial charge in [-0.15, -0.1) is 0 Å². The van der Waals surface area contributed by atoms with Crippen molar-refractivity contribution in [3.8, 4) is 5.75 Å². The third-order valence-corrected chi connectivity index (χ3v) is 3.45. The number of carbonyl (C=O) groups is 1. The number of amides is 1. The molecule has 0 unspecified atom stereocenters. The van der Waals surface area contributed by atoms with E-state index in [1.54, 1.807) is 0 Å². The van der Waals surface area contributed by atoms with Gasteiger partial charge in [-0.3, -0.25) is 0 Å². The van der Waals surface area contributed by atoms with Crippen molar-refractivity contribution in [3.05, 3.63) is 24.3 Å². The van der Waals surface area contributed by atoms with E-state index in [1.165, 1.54) is 18.2 Å². The van der Waals surface area contributed by atoms with Gasteiger partial charge in [0.15, 0.2) is 9.84 Å². The summed E-state index contributed by atoms with van der Waals surface area (Å²) in [4.78, 5) is 10.2. The molecule has 3 N–H and O–H groups in total. The molecule has 0 aliphatic carbocycles. The van der Waals surface area contributed by atoms with Crippen LogP contribution in [0.5, 0.6) is 5.75 Å². The van der Waals surface area contributed by atoms with Crippen molar-refractivity contribution < 1.29 is 23.1 Å².